The average molecular weight is 403 g/mol. The molecule has 0 fully saturated rings. The van der Waals surface area contributed by atoms with E-state index in [1.165, 1.54) is 29.2 Å². The van der Waals surface area contributed by atoms with Gasteiger partial charge in [0, 0.05) is 11.8 Å². The normalized spacial score (nSPS) is 10.6. The molecule has 8 nitrogen and oxygen atoms in total. The van der Waals surface area contributed by atoms with Gasteiger partial charge in [-0.05, 0) is 32.4 Å². The molecule has 0 aliphatic rings. The molecule has 2 heterocycles. The zero-order chi connectivity index (χ0) is 19.4. The van der Waals surface area contributed by atoms with Gasteiger partial charge in [-0.15, -0.1) is 10.2 Å². The number of anilines is 2. The number of aryl methyl sites for hydroxylation is 3. The van der Waals surface area contributed by atoms with Gasteiger partial charge in [0.05, 0.1) is 5.75 Å². The number of amides is 2. The van der Waals surface area contributed by atoms with Crippen molar-refractivity contribution in [3.8, 4) is 0 Å². The van der Waals surface area contributed by atoms with Crippen molar-refractivity contribution in [2.24, 2.45) is 0 Å². The topological polar surface area (TPSA) is 110 Å². The van der Waals surface area contributed by atoms with Crippen LogP contribution < -0.4 is 10.6 Å². The van der Waals surface area contributed by atoms with Crippen LogP contribution in [0.2, 0.25) is 0 Å². The summed E-state index contributed by atoms with van der Waals surface area (Å²) in [4.78, 5) is 24.1. The van der Waals surface area contributed by atoms with Gasteiger partial charge in [-0.1, -0.05) is 46.0 Å². The van der Waals surface area contributed by atoms with E-state index in [1.54, 1.807) is 6.92 Å². The molecule has 0 saturated heterocycles. The molecule has 0 radical (unpaired) electrons. The molecule has 0 bridgehead atoms. The number of aromatic nitrogens is 3. The Kier molecular flexibility index (Phi) is 5.87. The van der Waals surface area contributed by atoms with Gasteiger partial charge in [0.25, 0.3) is 5.91 Å². The minimum absolute atomic E-state index is 0.134. The zero-order valence-electron chi connectivity index (χ0n) is 14.9. The fourth-order valence-corrected chi connectivity index (χ4v) is 3.77. The summed E-state index contributed by atoms with van der Waals surface area (Å²) in [6.45, 7) is 5.66. The third-order valence-corrected chi connectivity index (χ3v) is 5.44. The summed E-state index contributed by atoms with van der Waals surface area (Å²) in [6.07, 6.45) is 0. The lowest BCUT2D eigenvalue weighted by Gasteiger charge is -2.08. The second kappa shape index (κ2) is 8.31. The van der Waals surface area contributed by atoms with Crippen LogP contribution in [0.25, 0.3) is 0 Å². The standard InChI is InChI=1S/C17H17N5O3S2/c1-9-4-5-12(10(2)6-9)18-14(23)8-26-17-21-20-16(27-17)19-15(24)13-7-11(3)25-22-13/h4-7H,8H2,1-3H3,(H,18,23)(H,19,20,24). The Balaban J connectivity index is 1.51. The maximum absolute atomic E-state index is 12.1. The lowest BCUT2D eigenvalue weighted by molar-refractivity contribution is -0.113. The Morgan fingerprint density at radius 2 is 1.96 bits per heavy atom. The maximum Gasteiger partial charge on any atom is 0.279 e. The zero-order valence-corrected chi connectivity index (χ0v) is 16.5. The van der Waals surface area contributed by atoms with Gasteiger partial charge < -0.3 is 9.84 Å². The predicted octanol–water partition coefficient (Wildman–Crippen LogP) is 3.43. The van der Waals surface area contributed by atoms with Crippen LogP contribution in [0.5, 0.6) is 0 Å². The highest BCUT2D eigenvalue weighted by atomic mass is 32.2. The number of rotatable bonds is 6. The SMILES string of the molecule is Cc1ccc(NC(=O)CSc2nnc(NC(=O)c3cc(C)on3)s2)c(C)c1. The molecule has 140 valence electrons. The lowest BCUT2D eigenvalue weighted by Crippen LogP contribution is -2.14. The number of nitrogens with one attached hydrogen (secondary N) is 2. The van der Waals surface area contributed by atoms with E-state index in [0.717, 1.165) is 16.8 Å². The summed E-state index contributed by atoms with van der Waals surface area (Å²) in [7, 11) is 0. The van der Waals surface area contributed by atoms with Gasteiger partial charge in [-0.2, -0.15) is 0 Å². The van der Waals surface area contributed by atoms with Crippen LogP contribution in [-0.4, -0.2) is 32.9 Å². The highest BCUT2D eigenvalue weighted by Gasteiger charge is 2.15. The molecule has 3 rings (SSSR count). The van der Waals surface area contributed by atoms with E-state index < -0.39 is 5.91 Å². The number of hydrogen-bond donors (Lipinski definition) is 2. The van der Waals surface area contributed by atoms with Crippen LogP contribution in [0.4, 0.5) is 10.8 Å². The van der Waals surface area contributed by atoms with E-state index in [0.29, 0.717) is 15.2 Å². The van der Waals surface area contributed by atoms with Crippen molar-refractivity contribution in [3.63, 3.8) is 0 Å². The van der Waals surface area contributed by atoms with Crippen LogP contribution in [0, 0.1) is 20.8 Å². The van der Waals surface area contributed by atoms with Crippen LogP contribution >= 0.6 is 23.1 Å². The Labute approximate surface area is 163 Å². The molecular weight excluding hydrogens is 386 g/mol. The van der Waals surface area contributed by atoms with E-state index in [1.807, 2.05) is 32.0 Å². The molecule has 1 aromatic carbocycles. The third kappa shape index (κ3) is 5.14. The highest BCUT2D eigenvalue weighted by molar-refractivity contribution is 8.01. The molecule has 0 atom stereocenters. The summed E-state index contributed by atoms with van der Waals surface area (Å²) >= 11 is 2.44. The first kappa shape index (κ1) is 19.1. The molecular formula is C17H17N5O3S2. The molecule has 2 amide bonds. The van der Waals surface area contributed by atoms with Crippen molar-refractivity contribution in [3.05, 3.63) is 46.8 Å². The minimum atomic E-state index is -0.424. The Hall–Kier alpha value is -2.72. The Morgan fingerprint density at radius 3 is 2.67 bits per heavy atom. The number of thioether (sulfide) groups is 1. The van der Waals surface area contributed by atoms with Crippen molar-refractivity contribution in [2.75, 3.05) is 16.4 Å². The second-order valence-electron chi connectivity index (χ2n) is 5.81. The van der Waals surface area contributed by atoms with Crippen molar-refractivity contribution in [1.82, 2.24) is 15.4 Å². The molecule has 0 saturated carbocycles. The molecule has 0 aliphatic heterocycles. The first-order valence-electron chi connectivity index (χ1n) is 7.99. The third-order valence-electron chi connectivity index (χ3n) is 3.47. The number of benzene rings is 1. The number of nitrogens with zero attached hydrogens (tertiary/aromatic N) is 3. The lowest BCUT2D eigenvalue weighted by atomic mass is 10.1. The monoisotopic (exact) mass is 403 g/mol. The first-order valence-corrected chi connectivity index (χ1v) is 9.79. The molecule has 0 aliphatic carbocycles. The highest BCUT2D eigenvalue weighted by Crippen LogP contribution is 2.26. The van der Waals surface area contributed by atoms with Gasteiger partial charge in [0.15, 0.2) is 10.0 Å². The van der Waals surface area contributed by atoms with Crippen LogP contribution in [0.15, 0.2) is 33.1 Å². The fraction of sp³-hybridized carbons (Fsp3) is 0.235. The van der Waals surface area contributed by atoms with E-state index in [9.17, 15) is 9.59 Å². The Morgan fingerprint density at radius 1 is 1.15 bits per heavy atom. The molecule has 0 spiro atoms. The van der Waals surface area contributed by atoms with Gasteiger partial charge >= 0.3 is 0 Å². The van der Waals surface area contributed by atoms with Crippen molar-refractivity contribution >= 4 is 45.7 Å². The van der Waals surface area contributed by atoms with Gasteiger partial charge in [0.2, 0.25) is 11.0 Å². The minimum Gasteiger partial charge on any atom is -0.361 e. The number of carbonyl (C=O) groups excluding carboxylic acids is 2. The smallest absolute Gasteiger partial charge is 0.279 e. The largest absolute Gasteiger partial charge is 0.361 e. The molecule has 27 heavy (non-hydrogen) atoms. The summed E-state index contributed by atoms with van der Waals surface area (Å²) in [5.41, 5.74) is 3.12. The quantitative estimate of drug-likeness (QED) is 0.479. The summed E-state index contributed by atoms with van der Waals surface area (Å²) in [5, 5.41) is 17.3. The van der Waals surface area contributed by atoms with Crippen LogP contribution in [0.1, 0.15) is 27.4 Å². The predicted molar refractivity (Wildman–Crippen MR) is 104 cm³/mol. The summed E-state index contributed by atoms with van der Waals surface area (Å²) < 4.78 is 5.45. The van der Waals surface area contributed by atoms with E-state index >= 15 is 0 Å². The van der Waals surface area contributed by atoms with Crippen LogP contribution in [0.3, 0.4) is 0 Å². The summed E-state index contributed by atoms with van der Waals surface area (Å²) in [5.74, 6) is 0.180. The number of hydrogen-bond acceptors (Lipinski definition) is 8. The van der Waals surface area contributed by atoms with Crippen LogP contribution in [-0.2, 0) is 4.79 Å². The van der Waals surface area contributed by atoms with Gasteiger partial charge in [-0.25, -0.2) is 0 Å². The molecule has 2 N–H and O–H groups in total. The van der Waals surface area contributed by atoms with Crippen molar-refractivity contribution in [1.29, 1.82) is 0 Å². The number of carbonyl (C=O) groups is 2. The van der Waals surface area contributed by atoms with E-state index in [2.05, 4.69) is 26.0 Å². The average Bonchev–Trinajstić information content (AvgIpc) is 3.24. The molecule has 2 aromatic heterocycles. The maximum atomic E-state index is 12.1. The molecule has 10 heteroatoms. The Bertz CT molecular complexity index is 983. The first-order chi connectivity index (χ1) is 12.9. The van der Waals surface area contributed by atoms with E-state index in [4.69, 9.17) is 4.52 Å². The molecule has 3 aromatic rings. The van der Waals surface area contributed by atoms with E-state index in [-0.39, 0.29) is 17.4 Å². The second-order valence-corrected chi connectivity index (χ2v) is 8.01. The van der Waals surface area contributed by atoms with Crippen molar-refractivity contribution < 1.29 is 14.1 Å². The van der Waals surface area contributed by atoms with Crippen molar-refractivity contribution in [2.45, 2.75) is 25.1 Å². The van der Waals surface area contributed by atoms with Gasteiger partial charge in [0.1, 0.15) is 5.76 Å². The summed E-state index contributed by atoms with van der Waals surface area (Å²) in [6, 6.07) is 7.38. The molecule has 0 unspecified atom stereocenters. The fourth-order valence-electron chi connectivity index (χ4n) is 2.22. The van der Waals surface area contributed by atoms with Gasteiger partial charge in [-0.3, -0.25) is 14.9 Å².